The zero-order valence-corrected chi connectivity index (χ0v) is 13.3. The molecule has 0 unspecified atom stereocenters. The summed E-state index contributed by atoms with van der Waals surface area (Å²) in [5.41, 5.74) is 0.130. The summed E-state index contributed by atoms with van der Waals surface area (Å²) in [4.78, 5) is 35.1. The molecule has 7 heteroatoms. The van der Waals surface area contributed by atoms with Gasteiger partial charge in [-0.3, -0.25) is 4.79 Å². The molecule has 1 aromatic carbocycles. The Morgan fingerprint density at radius 2 is 1.78 bits per heavy atom. The molecule has 1 aromatic rings. The molecule has 0 spiro atoms. The number of rotatable bonds is 7. The molecule has 1 N–H and O–H groups in total. The molecule has 1 atom stereocenters. The van der Waals surface area contributed by atoms with Crippen LogP contribution in [0.1, 0.15) is 30.6 Å². The fourth-order valence-corrected chi connectivity index (χ4v) is 1.86. The van der Waals surface area contributed by atoms with Gasteiger partial charge in [-0.2, -0.15) is 0 Å². The van der Waals surface area contributed by atoms with E-state index in [0.717, 1.165) is 12.1 Å². The summed E-state index contributed by atoms with van der Waals surface area (Å²) in [6, 6.07) is 3.95. The van der Waals surface area contributed by atoms with Crippen LogP contribution < -0.4 is 5.32 Å². The third kappa shape index (κ3) is 6.46. The molecule has 0 aromatic heterocycles. The molecule has 0 saturated heterocycles. The van der Waals surface area contributed by atoms with E-state index in [2.05, 4.69) is 10.1 Å². The number of amides is 1. The van der Waals surface area contributed by atoms with Gasteiger partial charge in [-0.15, -0.1) is 0 Å². The Balaban J connectivity index is 2.52. The molecule has 6 nitrogen and oxygen atoms in total. The second-order valence-electron chi connectivity index (χ2n) is 5.36. The van der Waals surface area contributed by atoms with Gasteiger partial charge in [0, 0.05) is 0 Å². The van der Waals surface area contributed by atoms with Crippen molar-refractivity contribution >= 4 is 17.8 Å². The van der Waals surface area contributed by atoms with Gasteiger partial charge in [0.1, 0.15) is 11.9 Å². The molecule has 0 aliphatic carbocycles. The van der Waals surface area contributed by atoms with E-state index >= 15 is 0 Å². The number of halogens is 1. The first kappa shape index (κ1) is 18.6. The first-order chi connectivity index (χ1) is 10.8. The highest BCUT2D eigenvalue weighted by Crippen LogP contribution is 2.07. The van der Waals surface area contributed by atoms with E-state index in [1.165, 1.54) is 19.2 Å². The third-order valence-corrected chi connectivity index (χ3v) is 2.94. The summed E-state index contributed by atoms with van der Waals surface area (Å²) in [7, 11) is 1.23. The van der Waals surface area contributed by atoms with Crippen molar-refractivity contribution in [2.75, 3.05) is 13.7 Å². The van der Waals surface area contributed by atoms with Gasteiger partial charge in [0.15, 0.2) is 6.61 Å². The van der Waals surface area contributed by atoms with Crippen LogP contribution in [-0.4, -0.2) is 37.6 Å². The minimum Gasteiger partial charge on any atom is -0.467 e. The number of hydrogen-bond acceptors (Lipinski definition) is 5. The van der Waals surface area contributed by atoms with Crippen molar-refractivity contribution in [3.8, 4) is 0 Å². The molecule has 0 bridgehead atoms. The lowest BCUT2D eigenvalue weighted by molar-refractivity contribution is -0.145. The van der Waals surface area contributed by atoms with Crippen LogP contribution in [0.25, 0.3) is 0 Å². The van der Waals surface area contributed by atoms with E-state index in [-0.39, 0.29) is 11.5 Å². The molecule has 0 radical (unpaired) electrons. The Morgan fingerprint density at radius 1 is 1.17 bits per heavy atom. The van der Waals surface area contributed by atoms with Crippen LogP contribution in [0.5, 0.6) is 0 Å². The number of carbonyl (C=O) groups is 3. The van der Waals surface area contributed by atoms with Crippen LogP contribution in [0.3, 0.4) is 0 Å². The Bertz CT molecular complexity index is 556. The van der Waals surface area contributed by atoms with Gasteiger partial charge < -0.3 is 14.8 Å². The second kappa shape index (κ2) is 8.87. The third-order valence-electron chi connectivity index (χ3n) is 2.94. The maximum atomic E-state index is 12.8. The Hall–Kier alpha value is -2.44. The molecule has 1 amide bonds. The van der Waals surface area contributed by atoms with E-state index in [1.54, 1.807) is 0 Å². The van der Waals surface area contributed by atoms with Gasteiger partial charge in [-0.25, -0.2) is 14.0 Å². The van der Waals surface area contributed by atoms with E-state index in [1.807, 2.05) is 13.8 Å². The number of esters is 2. The highest BCUT2D eigenvalue weighted by Gasteiger charge is 2.23. The zero-order valence-electron chi connectivity index (χ0n) is 13.3. The average molecular weight is 325 g/mol. The predicted molar refractivity (Wildman–Crippen MR) is 80.1 cm³/mol. The first-order valence-corrected chi connectivity index (χ1v) is 7.13. The van der Waals surface area contributed by atoms with Crippen LogP contribution in [0.15, 0.2) is 24.3 Å². The minimum absolute atomic E-state index is 0.130. The molecule has 1 rings (SSSR count). The fourth-order valence-electron chi connectivity index (χ4n) is 1.86. The van der Waals surface area contributed by atoms with Crippen molar-refractivity contribution in [1.82, 2.24) is 5.32 Å². The molecular formula is C16H20FNO5. The summed E-state index contributed by atoms with van der Waals surface area (Å²) < 4.78 is 22.2. The zero-order chi connectivity index (χ0) is 17.4. The van der Waals surface area contributed by atoms with Crippen LogP contribution in [0.2, 0.25) is 0 Å². The lowest BCUT2D eigenvalue weighted by atomic mass is 10.0. The molecule has 0 aliphatic heterocycles. The SMILES string of the molecule is COC(=O)[C@H](CC(C)C)NC(=O)COC(=O)c1ccc(F)cc1. The van der Waals surface area contributed by atoms with Crippen molar-refractivity contribution in [2.24, 2.45) is 5.92 Å². The van der Waals surface area contributed by atoms with E-state index in [0.29, 0.717) is 6.42 Å². The number of ether oxygens (including phenoxy) is 2. The van der Waals surface area contributed by atoms with Crippen LogP contribution in [0.4, 0.5) is 4.39 Å². The highest BCUT2D eigenvalue weighted by molar-refractivity contribution is 5.92. The van der Waals surface area contributed by atoms with E-state index < -0.39 is 36.3 Å². The fraction of sp³-hybridized carbons (Fsp3) is 0.438. The summed E-state index contributed by atoms with van der Waals surface area (Å²) in [5, 5.41) is 2.46. The van der Waals surface area contributed by atoms with E-state index in [9.17, 15) is 18.8 Å². The normalized spacial score (nSPS) is 11.7. The Morgan fingerprint density at radius 3 is 2.30 bits per heavy atom. The monoisotopic (exact) mass is 325 g/mol. The number of nitrogens with one attached hydrogen (secondary N) is 1. The quantitative estimate of drug-likeness (QED) is 0.772. The molecule has 0 saturated carbocycles. The maximum Gasteiger partial charge on any atom is 0.338 e. The Kier molecular flexibility index (Phi) is 7.18. The summed E-state index contributed by atoms with van der Waals surface area (Å²) in [6.07, 6.45) is 0.407. The van der Waals surface area contributed by atoms with E-state index in [4.69, 9.17) is 4.74 Å². The molecule has 0 heterocycles. The molecular weight excluding hydrogens is 305 g/mol. The van der Waals surface area contributed by atoms with Crippen LogP contribution in [-0.2, 0) is 19.1 Å². The molecule has 126 valence electrons. The summed E-state index contributed by atoms with van der Waals surface area (Å²) in [6.45, 7) is 3.26. The van der Waals surface area contributed by atoms with Gasteiger partial charge in [-0.1, -0.05) is 13.8 Å². The molecule has 23 heavy (non-hydrogen) atoms. The van der Waals surface area contributed by atoms with Crippen molar-refractivity contribution in [3.05, 3.63) is 35.6 Å². The van der Waals surface area contributed by atoms with Crippen molar-refractivity contribution in [1.29, 1.82) is 0 Å². The van der Waals surface area contributed by atoms with Gasteiger partial charge in [0.25, 0.3) is 5.91 Å². The minimum atomic E-state index is -0.794. The van der Waals surface area contributed by atoms with Crippen LogP contribution in [0, 0.1) is 11.7 Å². The van der Waals surface area contributed by atoms with Crippen LogP contribution >= 0.6 is 0 Å². The number of carbonyl (C=O) groups excluding carboxylic acids is 3. The molecule has 0 fully saturated rings. The number of methoxy groups -OCH3 is 1. The van der Waals surface area contributed by atoms with Gasteiger partial charge in [0.2, 0.25) is 0 Å². The standard InChI is InChI=1S/C16H20FNO5/c1-10(2)8-13(16(21)22-3)18-14(19)9-23-15(20)11-4-6-12(17)7-5-11/h4-7,10,13H,8-9H2,1-3H3,(H,18,19)/t13-/m0/s1. The maximum absolute atomic E-state index is 12.8. The summed E-state index contributed by atoms with van der Waals surface area (Å²) in [5.74, 6) is -2.23. The lowest BCUT2D eigenvalue weighted by Crippen LogP contribution is -2.44. The summed E-state index contributed by atoms with van der Waals surface area (Å²) >= 11 is 0. The van der Waals surface area contributed by atoms with Crippen molar-refractivity contribution < 1.29 is 28.2 Å². The lowest BCUT2D eigenvalue weighted by Gasteiger charge is -2.18. The smallest absolute Gasteiger partial charge is 0.338 e. The van der Waals surface area contributed by atoms with Gasteiger partial charge >= 0.3 is 11.9 Å². The highest BCUT2D eigenvalue weighted by atomic mass is 19.1. The topological polar surface area (TPSA) is 81.7 Å². The molecule has 0 aliphatic rings. The number of hydrogen-bond donors (Lipinski definition) is 1. The van der Waals surface area contributed by atoms with Gasteiger partial charge in [0.05, 0.1) is 12.7 Å². The van der Waals surface area contributed by atoms with Crippen molar-refractivity contribution in [3.63, 3.8) is 0 Å². The first-order valence-electron chi connectivity index (χ1n) is 7.13. The van der Waals surface area contributed by atoms with Crippen molar-refractivity contribution in [2.45, 2.75) is 26.3 Å². The average Bonchev–Trinajstić information content (AvgIpc) is 2.51. The predicted octanol–water partition coefficient (Wildman–Crippen LogP) is 1.69. The largest absolute Gasteiger partial charge is 0.467 e. The van der Waals surface area contributed by atoms with Gasteiger partial charge in [-0.05, 0) is 36.6 Å². The Labute approximate surface area is 134 Å². The second-order valence-corrected chi connectivity index (χ2v) is 5.36. The number of benzene rings is 1.